The number of aliphatic hydroxyl groups excluding tert-OH is 8. The third-order valence-corrected chi connectivity index (χ3v) is 8.89. The zero-order chi connectivity index (χ0) is 33.4. The Labute approximate surface area is 263 Å². The number of carbonyl (C=O) groups excluding carboxylic acids is 1. The zero-order valence-electron chi connectivity index (χ0n) is 24.7. The van der Waals surface area contributed by atoms with Gasteiger partial charge in [-0.05, 0) is 24.6 Å². The largest absolute Gasteiger partial charge is 0.472 e. The highest BCUT2D eigenvalue weighted by atomic mass is 16.8. The van der Waals surface area contributed by atoms with Crippen LogP contribution >= 0.6 is 0 Å². The molecule has 0 radical (unpaired) electrons. The second-order valence-electron chi connectivity index (χ2n) is 12.0. The Morgan fingerprint density at radius 1 is 0.848 bits per heavy atom. The number of rotatable bonds is 9. The maximum Gasteiger partial charge on any atom is 0.331 e. The monoisotopic (exact) mass is 656 g/mol. The molecular weight excluding hydrogens is 616 g/mol. The maximum atomic E-state index is 13.1. The summed E-state index contributed by atoms with van der Waals surface area (Å²) in [5.41, 5.74) is -3.10. The summed E-state index contributed by atoms with van der Waals surface area (Å²) in [6.07, 6.45) is -14.8. The minimum absolute atomic E-state index is 0.281. The van der Waals surface area contributed by atoms with Crippen LogP contribution in [0.25, 0.3) is 6.08 Å². The first kappa shape index (κ1) is 34.8. The Morgan fingerprint density at radius 3 is 1.98 bits per heavy atom. The first-order valence-corrected chi connectivity index (χ1v) is 14.8. The lowest BCUT2D eigenvalue weighted by Crippen LogP contribution is -2.63. The molecule has 3 fully saturated rings. The van der Waals surface area contributed by atoms with Gasteiger partial charge in [-0.15, -0.1) is 0 Å². The van der Waals surface area contributed by atoms with E-state index in [0.29, 0.717) is 5.56 Å². The summed E-state index contributed by atoms with van der Waals surface area (Å²) in [4.78, 5) is 13.1. The van der Waals surface area contributed by atoms with Crippen molar-refractivity contribution in [2.45, 2.75) is 98.4 Å². The minimum Gasteiger partial charge on any atom is -0.472 e. The predicted molar refractivity (Wildman–Crippen MR) is 151 cm³/mol. The normalized spacial score (nSPS) is 45.7. The highest BCUT2D eigenvalue weighted by molar-refractivity contribution is 5.87. The molecule has 0 bridgehead atoms. The van der Waals surface area contributed by atoms with Gasteiger partial charge in [0.2, 0.25) is 6.29 Å². The molecule has 9 N–H and O–H groups in total. The molecule has 0 aromatic heterocycles. The number of fused-ring (bicyclic) bond motifs is 1. The van der Waals surface area contributed by atoms with E-state index >= 15 is 0 Å². The fourth-order valence-corrected chi connectivity index (χ4v) is 6.39. The van der Waals surface area contributed by atoms with Gasteiger partial charge >= 0.3 is 5.97 Å². The van der Waals surface area contributed by atoms with Crippen LogP contribution in [-0.4, -0.2) is 150 Å². The average Bonchev–Trinajstić information content (AvgIpc) is 3.26. The second kappa shape index (κ2) is 13.9. The minimum atomic E-state index is -2.12. The molecule has 16 heteroatoms. The summed E-state index contributed by atoms with van der Waals surface area (Å²) in [6, 6.07) is 8.87. The van der Waals surface area contributed by atoms with Crippen LogP contribution in [0.3, 0.4) is 0 Å². The number of hydrogen-bond acceptors (Lipinski definition) is 16. The van der Waals surface area contributed by atoms with E-state index in [1.165, 1.54) is 25.2 Å². The van der Waals surface area contributed by atoms with E-state index in [-0.39, 0.29) is 6.42 Å². The van der Waals surface area contributed by atoms with Gasteiger partial charge in [-0.3, -0.25) is 0 Å². The number of benzene rings is 1. The highest BCUT2D eigenvalue weighted by Gasteiger charge is 2.68. The van der Waals surface area contributed by atoms with Crippen molar-refractivity contribution in [3.63, 3.8) is 0 Å². The van der Waals surface area contributed by atoms with E-state index in [0.717, 1.165) is 6.26 Å². The van der Waals surface area contributed by atoms with Gasteiger partial charge in [0.15, 0.2) is 12.6 Å². The molecule has 16 nitrogen and oxygen atoms in total. The fourth-order valence-electron chi connectivity index (χ4n) is 6.39. The summed E-state index contributed by atoms with van der Waals surface area (Å²) in [7, 11) is 0. The summed E-state index contributed by atoms with van der Waals surface area (Å²) in [6.45, 7) is -0.00438. The summed E-state index contributed by atoms with van der Waals surface area (Å²) in [5, 5.41) is 93.5. The lowest BCUT2D eigenvalue weighted by Gasteiger charge is -2.46. The molecule has 0 unspecified atom stereocenters. The number of ether oxygens (including phenoxy) is 6. The Kier molecular flexibility index (Phi) is 10.5. The van der Waals surface area contributed by atoms with Crippen LogP contribution in [0, 0.1) is 5.92 Å². The van der Waals surface area contributed by atoms with E-state index in [4.69, 9.17) is 28.4 Å². The van der Waals surface area contributed by atoms with Crippen molar-refractivity contribution in [2.75, 3.05) is 13.2 Å². The maximum absolute atomic E-state index is 13.1. The molecule has 2 saturated heterocycles. The molecular formula is C30H40O16. The summed E-state index contributed by atoms with van der Waals surface area (Å²) >= 11 is 0. The van der Waals surface area contributed by atoms with Gasteiger partial charge in [0.25, 0.3) is 0 Å². The molecule has 256 valence electrons. The molecule has 1 aliphatic carbocycles. The van der Waals surface area contributed by atoms with E-state index in [1.807, 2.05) is 0 Å². The van der Waals surface area contributed by atoms with Gasteiger partial charge in [-0.2, -0.15) is 0 Å². The van der Waals surface area contributed by atoms with Gasteiger partial charge < -0.3 is 74.4 Å². The Hall–Kier alpha value is -2.55. The van der Waals surface area contributed by atoms with E-state index in [2.05, 4.69) is 0 Å². The molecule has 0 amide bonds. The number of carbonyl (C=O) groups is 1. The number of aliphatic hydroxyl groups is 9. The fraction of sp³-hybridized carbons (Fsp3) is 0.633. The van der Waals surface area contributed by atoms with Crippen molar-refractivity contribution in [1.82, 2.24) is 0 Å². The van der Waals surface area contributed by atoms with E-state index in [9.17, 15) is 50.8 Å². The summed E-state index contributed by atoms with van der Waals surface area (Å²) in [5.74, 6) is -2.19. The third-order valence-electron chi connectivity index (χ3n) is 8.89. The van der Waals surface area contributed by atoms with Gasteiger partial charge in [-0.25, -0.2) is 4.79 Å². The highest BCUT2D eigenvalue weighted by Crippen LogP contribution is 2.53. The number of hydrogen-bond donors (Lipinski definition) is 9. The van der Waals surface area contributed by atoms with E-state index in [1.54, 1.807) is 30.3 Å². The van der Waals surface area contributed by atoms with Crippen LogP contribution in [0.4, 0.5) is 0 Å². The molecule has 3 aliphatic heterocycles. The van der Waals surface area contributed by atoms with E-state index < -0.39 is 110 Å². The lowest BCUT2D eigenvalue weighted by molar-refractivity contribution is -0.354. The SMILES string of the molecule is C[C@]1(OC(=O)/C=C/c2ccccc2)C[C@@H](O[C@H]2O[C@H](CO)[C@H](O)[C@H](O)[C@H]2O)[C@]2(O)C=CO[C@@H](O[C@@H]3O[C@H](CO)[C@@H](O)[C@H](O)[C@H]3O)[C@@H]21. The topological polar surface area (TPSA) is 255 Å². The zero-order valence-corrected chi connectivity index (χ0v) is 24.7. The van der Waals surface area contributed by atoms with Crippen molar-refractivity contribution in [3.8, 4) is 0 Å². The van der Waals surface area contributed by atoms with Crippen molar-refractivity contribution in [2.24, 2.45) is 5.92 Å². The number of esters is 1. The van der Waals surface area contributed by atoms with Crippen molar-refractivity contribution < 1.29 is 79.2 Å². The van der Waals surface area contributed by atoms with Gasteiger partial charge in [0.1, 0.15) is 60.0 Å². The third kappa shape index (κ3) is 6.59. The second-order valence-corrected chi connectivity index (χ2v) is 12.0. The van der Waals surface area contributed by atoms with Crippen molar-refractivity contribution >= 4 is 12.0 Å². The Morgan fingerprint density at radius 2 is 1.41 bits per heavy atom. The first-order chi connectivity index (χ1) is 21.8. The predicted octanol–water partition coefficient (Wildman–Crippen LogP) is -3.38. The molecule has 1 saturated carbocycles. The molecule has 1 aromatic rings. The van der Waals surface area contributed by atoms with Gasteiger partial charge in [0.05, 0.1) is 31.5 Å². The lowest BCUT2D eigenvalue weighted by atomic mass is 9.81. The molecule has 46 heavy (non-hydrogen) atoms. The van der Waals surface area contributed by atoms with Crippen LogP contribution in [0.1, 0.15) is 18.9 Å². The Bertz CT molecular complexity index is 1240. The average molecular weight is 657 g/mol. The van der Waals surface area contributed by atoms with Crippen LogP contribution in [0.15, 0.2) is 48.7 Å². The molecule has 3 heterocycles. The van der Waals surface area contributed by atoms with Crippen LogP contribution < -0.4 is 0 Å². The smallest absolute Gasteiger partial charge is 0.331 e. The van der Waals surface area contributed by atoms with Crippen molar-refractivity contribution in [1.29, 1.82) is 0 Å². The van der Waals surface area contributed by atoms with Crippen LogP contribution in [0.5, 0.6) is 0 Å². The quantitative estimate of drug-likeness (QED) is 0.0928. The molecule has 5 rings (SSSR count). The van der Waals surface area contributed by atoms with Gasteiger partial charge in [-0.1, -0.05) is 30.3 Å². The van der Waals surface area contributed by atoms with Crippen LogP contribution in [-0.2, 0) is 33.2 Å². The van der Waals surface area contributed by atoms with Gasteiger partial charge in [0, 0.05) is 12.5 Å². The molecule has 4 aliphatic rings. The molecule has 15 atom stereocenters. The Balaban J connectivity index is 1.44. The first-order valence-electron chi connectivity index (χ1n) is 14.8. The van der Waals surface area contributed by atoms with Crippen LogP contribution in [0.2, 0.25) is 0 Å². The summed E-state index contributed by atoms with van der Waals surface area (Å²) < 4.78 is 34.3. The molecule has 1 aromatic carbocycles. The standard InChI is InChI=1S/C30H40O16/c1-29(46-18(33)8-7-14-5-3-2-4-6-14)11-17(44-26-23(38)21(36)19(34)15(12-31)42-26)30(40)9-10-41-28(25(29)30)45-27-24(39)22(37)20(35)16(13-32)43-27/h2-10,15-17,19-28,31-32,34-40H,11-13H2,1H3/b8-7+/t15-,16-,17-,19+,20-,21+,22+,23-,24-,25-,26-,27+,28+,29+,30-/m1/s1. The van der Waals surface area contributed by atoms with Crippen molar-refractivity contribution in [3.05, 3.63) is 54.3 Å². The molecule has 0 spiro atoms.